The van der Waals surface area contributed by atoms with Gasteiger partial charge in [-0.1, -0.05) is 18.2 Å². The molecule has 6 heteroatoms. The first kappa shape index (κ1) is 17.5. The highest BCUT2D eigenvalue weighted by Crippen LogP contribution is 2.35. The average Bonchev–Trinajstić information content (AvgIpc) is 2.95. The summed E-state index contributed by atoms with van der Waals surface area (Å²) in [6.07, 6.45) is 1.92. The number of benzene rings is 1. The number of nitrogens with one attached hydrogen (secondary N) is 1. The van der Waals surface area contributed by atoms with Crippen LogP contribution in [0.2, 0.25) is 0 Å². The number of ether oxygens (including phenoxy) is 1. The van der Waals surface area contributed by atoms with Gasteiger partial charge in [0.05, 0.1) is 18.8 Å². The zero-order chi connectivity index (χ0) is 18.1. The Balaban J connectivity index is 1.85. The third-order valence-electron chi connectivity index (χ3n) is 4.87. The van der Waals surface area contributed by atoms with Gasteiger partial charge in [-0.2, -0.15) is 0 Å². The number of carbonyl (C=O) groups is 1. The fourth-order valence-electron chi connectivity index (χ4n) is 3.62. The minimum absolute atomic E-state index is 0.0132. The minimum atomic E-state index is -0.162. The summed E-state index contributed by atoms with van der Waals surface area (Å²) in [5, 5.41) is 11.3. The van der Waals surface area contributed by atoms with Gasteiger partial charge in [-0.15, -0.1) is 5.10 Å². The number of hydrogen-bond acceptors (Lipinski definition) is 4. The van der Waals surface area contributed by atoms with E-state index in [2.05, 4.69) is 34.7 Å². The third kappa shape index (κ3) is 3.38. The third-order valence-corrected chi connectivity index (χ3v) is 4.87. The normalized spacial score (nSPS) is 19.6. The summed E-state index contributed by atoms with van der Waals surface area (Å²) >= 11 is 0. The van der Waals surface area contributed by atoms with Gasteiger partial charge in [-0.05, 0) is 62.8 Å². The summed E-state index contributed by atoms with van der Waals surface area (Å²) in [4.78, 5) is 12.8. The smallest absolute Gasteiger partial charge is 0.274 e. The molecule has 25 heavy (non-hydrogen) atoms. The van der Waals surface area contributed by atoms with Crippen molar-refractivity contribution in [2.75, 3.05) is 7.11 Å². The van der Waals surface area contributed by atoms with E-state index >= 15 is 0 Å². The van der Waals surface area contributed by atoms with Crippen molar-refractivity contribution in [3.05, 3.63) is 40.7 Å². The van der Waals surface area contributed by atoms with Crippen molar-refractivity contribution in [1.29, 1.82) is 0 Å². The van der Waals surface area contributed by atoms with Crippen LogP contribution in [0.25, 0.3) is 0 Å². The maximum atomic E-state index is 12.8. The molecule has 0 radical (unpaired) electrons. The highest BCUT2D eigenvalue weighted by Gasteiger charge is 2.28. The van der Waals surface area contributed by atoms with E-state index in [9.17, 15) is 4.79 Å². The standard InChI is InChI=1S/C19H26N4O2/c1-11(2)23-13(4)18(21-22-23)19(24)20-17-9-12(3)8-14-10-15(25-5)6-7-16(14)17/h6-7,10-12,17H,8-9H2,1-5H3,(H,20,24). The molecule has 134 valence electrons. The number of nitrogens with zero attached hydrogens (tertiary/aromatic N) is 3. The molecule has 0 fully saturated rings. The maximum absolute atomic E-state index is 12.8. The summed E-state index contributed by atoms with van der Waals surface area (Å²) in [5.74, 6) is 1.19. The van der Waals surface area contributed by atoms with Crippen LogP contribution >= 0.6 is 0 Å². The second kappa shape index (κ2) is 6.86. The fourth-order valence-corrected chi connectivity index (χ4v) is 3.62. The van der Waals surface area contributed by atoms with Crippen molar-refractivity contribution in [1.82, 2.24) is 20.3 Å². The first-order valence-corrected chi connectivity index (χ1v) is 8.80. The lowest BCUT2D eigenvalue weighted by molar-refractivity contribution is 0.0923. The lowest BCUT2D eigenvalue weighted by Gasteiger charge is -2.30. The predicted molar refractivity (Wildman–Crippen MR) is 95.8 cm³/mol. The van der Waals surface area contributed by atoms with Crippen LogP contribution in [0.15, 0.2) is 18.2 Å². The van der Waals surface area contributed by atoms with Crippen LogP contribution in [0.3, 0.4) is 0 Å². The molecular formula is C19H26N4O2. The molecular weight excluding hydrogens is 316 g/mol. The molecule has 0 bridgehead atoms. The Hall–Kier alpha value is -2.37. The molecule has 1 N–H and O–H groups in total. The molecule has 2 atom stereocenters. The van der Waals surface area contributed by atoms with Crippen molar-refractivity contribution >= 4 is 5.91 Å². The van der Waals surface area contributed by atoms with Crippen LogP contribution in [0.4, 0.5) is 0 Å². The lowest BCUT2D eigenvalue weighted by Crippen LogP contribution is -2.33. The Morgan fingerprint density at radius 1 is 1.40 bits per heavy atom. The van der Waals surface area contributed by atoms with Gasteiger partial charge < -0.3 is 10.1 Å². The molecule has 2 unspecified atom stereocenters. The van der Waals surface area contributed by atoms with Gasteiger partial charge in [-0.25, -0.2) is 4.68 Å². The van der Waals surface area contributed by atoms with Crippen LogP contribution in [-0.2, 0) is 6.42 Å². The molecule has 1 amide bonds. The van der Waals surface area contributed by atoms with E-state index < -0.39 is 0 Å². The number of fused-ring (bicyclic) bond motifs is 1. The molecule has 6 nitrogen and oxygen atoms in total. The summed E-state index contributed by atoms with van der Waals surface area (Å²) in [6.45, 7) is 8.14. The minimum Gasteiger partial charge on any atom is -0.497 e. The van der Waals surface area contributed by atoms with Crippen molar-refractivity contribution in [3.8, 4) is 5.75 Å². The summed E-state index contributed by atoms with van der Waals surface area (Å²) in [6, 6.07) is 6.25. The van der Waals surface area contributed by atoms with Crippen LogP contribution in [0, 0.1) is 12.8 Å². The Morgan fingerprint density at radius 2 is 2.16 bits per heavy atom. The molecule has 1 aliphatic carbocycles. The molecule has 1 aromatic carbocycles. The molecule has 0 saturated heterocycles. The van der Waals surface area contributed by atoms with Crippen LogP contribution < -0.4 is 10.1 Å². The number of carbonyl (C=O) groups excluding carboxylic acids is 1. The number of amides is 1. The van der Waals surface area contributed by atoms with E-state index in [0.717, 1.165) is 24.3 Å². The number of aromatic nitrogens is 3. The van der Waals surface area contributed by atoms with Crippen LogP contribution in [0.1, 0.15) is 66.6 Å². The average molecular weight is 342 g/mol. The van der Waals surface area contributed by atoms with Gasteiger partial charge in [0.15, 0.2) is 5.69 Å². The van der Waals surface area contributed by atoms with Crippen molar-refractivity contribution in [2.45, 2.75) is 52.6 Å². The largest absolute Gasteiger partial charge is 0.497 e. The second-order valence-electron chi connectivity index (χ2n) is 7.20. The van der Waals surface area contributed by atoms with Crippen molar-refractivity contribution in [3.63, 3.8) is 0 Å². The SMILES string of the molecule is COc1ccc2c(c1)CC(C)CC2NC(=O)c1nnn(C(C)C)c1C. The number of hydrogen-bond donors (Lipinski definition) is 1. The van der Waals surface area contributed by atoms with Gasteiger partial charge in [-0.3, -0.25) is 4.79 Å². The highest BCUT2D eigenvalue weighted by atomic mass is 16.5. The Morgan fingerprint density at radius 3 is 2.80 bits per heavy atom. The quantitative estimate of drug-likeness (QED) is 0.926. The fraction of sp³-hybridized carbons (Fsp3) is 0.526. The van der Waals surface area contributed by atoms with E-state index in [1.54, 1.807) is 11.8 Å². The van der Waals surface area contributed by atoms with Crippen LogP contribution in [0.5, 0.6) is 5.75 Å². The molecule has 0 aliphatic heterocycles. The van der Waals surface area contributed by atoms with E-state index in [1.807, 2.05) is 26.8 Å². The zero-order valence-electron chi connectivity index (χ0n) is 15.5. The topological polar surface area (TPSA) is 69.0 Å². The lowest BCUT2D eigenvalue weighted by atomic mass is 9.81. The Labute approximate surface area is 148 Å². The van der Waals surface area contributed by atoms with E-state index in [1.165, 1.54) is 11.1 Å². The number of rotatable bonds is 4. The van der Waals surface area contributed by atoms with E-state index in [0.29, 0.717) is 11.6 Å². The van der Waals surface area contributed by atoms with Crippen molar-refractivity contribution < 1.29 is 9.53 Å². The zero-order valence-corrected chi connectivity index (χ0v) is 15.5. The van der Waals surface area contributed by atoms with E-state index in [-0.39, 0.29) is 18.0 Å². The maximum Gasteiger partial charge on any atom is 0.274 e. The molecule has 1 heterocycles. The molecule has 0 saturated carbocycles. The molecule has 3 rings (SSSR count). The molecule has 1 aromatic heterocycles. The van der Waals surface area contributed by atoms with E-state index in [4.69, 9.17) is 4.74 Å². The molecule has 0 spiro atoms. The predicted octanol–water partition coefficient (Wildman–Crippen LogP) is 3.23. The highest BCUT2D eigenvalue weighted by molar-refractivity contribution is 5.93. The summed E-state index contributed by atoms with van der Waals surface area (Å²) < 4.78 is 7.11. The number of methoxy groups -OCH3 is 1. The molecule has 2 aromatic rings. The molecule has 1 aliphatic rings. The van der Waals surface area contributed by atoms with Gasteiger partial charge in [0, 0.05) is 6.04 Å². The summed E-state index contributed by atoms with van der Waals surface area (Å²) in [5.41, 5.74) is 3.61. The van der Waals surface area contributed by atoms with Crippen molar-refractivity contribution in [2.24, 2.45) is 5.92 Å². The second-order valence-corrected chi connectivity index (χ2v) is 7.20. The van der Waals surface area contributed by atoms with Gasteiger partial charge in [0.1, 0.15) is 5.75 Å². The van der Waals surface area contributed by atoms with Crippen LogP contribution in [-0.4, -0.2) is 28.0 Å². The first-order valence-electron chi connectivity index (χ1n) is 8.80. The van der Waals surface area contributed by atoms with Gasteiger partial charge in [0.25, 0.3) is 5.91 Å². The monoisotopic (exact) mass is 342 g/mol. The Bertz CT molecular complexity index is 782. The van der Waals surface area contributed by atoms with Gasteiger partial charge in [0.2, 0.25) is 0 Å². The first-order chi connectivity index (χ1) is 11.9. The van der Waals surface area contributed by atoms with Gasteiger partial charge >= 0.3 is 0 Å². The Kier molecular flexibility index (Phi) is 4.79. The summed E-state index contributed by atoms with van der Waals surface area (Å²) in [7, 11) is 1.67.